The molecule has 0 bridgehead atoms. The maximum atomic E-state index is 6.20. The highest BCUT2D eigenvalue weighted by Crippen LogP contribution is 2.37. The Kier molecular flexibility index (Phi) is 4.82. The van der Waals surface area contributed by atoms with Crippen molar-refractivity contribution < 1.29 is 4.42 Å². The SMILES string of the molecule is c1ccc(-n2c3ccccc3c3ccc(-c4ccc(Nc5cccc6c5oc5ccccc56)cc4)cc32)cc1. The molecule has 2 aromatic heterocycles. The highest BCUT2D eigenvalue weighted by atomic mass is 16.3. The van der Waals surface area contributed by atoms with E-state index in [0.29, 0.717) is 0 Å². The van der Waals surface area contributed by atoms with Crippen molar-refractivity contribution in [2.45, 2.75) is 0 Å². The van der Waals surface area contributed by atoms with Gasteiger partial charge in [-0.05, 0) is 59.7 Å². The second kappa shape index (κ2) is 8.64. The van der Waals surface area contributed by atoms with Crippen molar-refractivity contribution in [1.29, 1.82) is 0 Å². The van der Waals surface area contributed by atoms with E-state index in [-0.39, 0.29) is 0 Å². The van der Waals surface area contributed by atoms with Gasteiger partial charge in [-0.2, -0.15) is 0 Å². The number of furan rings is 1. The average Bonchev–Trinajstić information content (AvgIpc) is 3.54. The van der Waals surface area contributed by atoms with Crippen molar-refractivity contribution in [3.63, 3.8) is 0 Å². The molecule has 8 rings (SSSR count). The van der Waals surface area contributed by atoms with Gasteiger partial charge in [0, 0.05) is 32.9 Å². The molecule has 39 heavy (non-hydrogen) atoms. The Hall–Kier alpha value is -5.28. The Bertz CT molecular complexity index is 2130. The molecule has 8 aromatic rings. The number of nitrogens with zero attached hydrogens (tertiary/aromatic N) is 1. The zero-order valence-corrected chi connectivity index (χ0v) is 21.1. The zero-order valence-electron chi connectivity index (χ0n) is 21.1. The van der Waals surface area contributed by atoms with Crippen LogP contribution in [0.1, 0.15) is 0 Å². The quantitative estimate of drug-likeness (QED) is 0.260. The van der Waals surface area contributed by atoms with E-state index in [1.807, 2.05) is 18.2 Å². The molecule has 0 fully saturated rings. The summed E-state index contributed by atoms with van der Waals surface area (Å²) in [6.07, 6.45) is 0. The lowest BCUT2D eigenvalue weighted by molar-refractivity contribution is 0.670. The molecule has 0 amide bonds. The van der Waals surface area contributed by atoms with Gasteiger partial charge in [0.05, 0.1) is 16.7 Å². The fourth-order valence-corrected chi connectivity index (χ4v) is 5.75. The molecule has 0 saturated carbocycles. The second-order valence-corrected chi connectivity index (χ2v) is 9.90. The van der Waals surface area contributed by atoms with E-state index in [9.17, 15) is 0 Å². The number of hydrogen-bond donors (Lipinski definition) is 1. The first kappa shape index (κ1) is 21.8. The number of rotatable bonds is 4. The Labute approximate surface area is 225 Å². The van der Waals surface area contributed by atoms with Crippen molar-refractivity contribution >= 4 is 55.1 Å². The average molecular weight is 501 g/mol. The lowest BCUT2D eigenvalue weighted by atomic mass is 10.0. The third-order valence-electron chi connectivity index (χ3n) is 7.59. The van der Waals surface area contributed by atoms with Crippen LogP contribution in [0.5, 0.6) is 0 Å². The van der Waals surface area contributed by atoms with Crippen LogP contribution in [0.25, 0.3) is 60.6 Å². The molecule has 6 aromatic carbocycles. The number of hydrogen-bond acceptors (Lipinski definition) is 2. The molecule has 0 aliphatic carbocycles. The predicted molar refractivity (Wildman–Crippen MR) is 163 cm³/mol. The van der Waals surface area contributed by atoms with Gasteiger partial charge < -0.3 is 14.3 Å². The molecule has 0 spiro atoms. The Balaban J connectivity index is 1.18. The molecule has 0 aliphatic heterocycles. The number of aromatic nitrogens is 1. The molecule has 3 heteroatoms. The van der Waals surface area contributed by atoms with Gasteiger partial charge >= 0.3 is 0 Å². The van der Waals surface area contributed by atoms with Gasteiger partial charge in [0.1, 0.15) is 5.58 Å². The fraction of sp³-hybridized carbons (Fsp3) is 0. The van der Waals surface area contributed by atoms with Crippen molar-refractivity contribution in [2.75, 3.05) is 5.32 Å². The molecule has 0 atom stereocenters. The van der Waals surface area contributed by atoms with E-state index in [2.05, 4.69) is 131 Å². The normalized spacial score (nSPS) is 11.6. The van der Waals surface area contributed by atoms with Gasteiger partial charge in [-0.15, -0.1) is 0 Å². The zero-order chi connectivity index (χ0) is 25.8. The summed E-state index contributed by atoms with van der Waals surface area (Å²) in [7, 11) is 0. The molecule has 1 N–H and O–H groups in total. The van der Waals surface area contributed by atoms with E-state index < -0.39 is 0 Å². The van der Waals surface area contributed by atoms with Gasteiger partial charge in [0.15, 0.2) is 5.58 Å². The van der Waals surface area contributed by atoms with Gasteiger partial charge in [0.2, 0.25) is 0 Å². The molecule has 3 nitrogen and oxygen atoms in total. The van der Waals surface area contributed by atoms with E-state index in [0.717, 1.165) is 33.3 Å². The topological polar surface area (TPSA) is 30.1 Å². The van der Waals surface area contributed by atoms with Gasteiger partial charge in [-0.3, -0.25) is 0 Å². The summed E-state index contributed by atoms with van der Waals surface area (Å²) in [5.74, 6) is 0. The maximum Gasteiger partial charge on any atom is 0.158 e. The predicted octanol–water partition coefficient (Wildman–Crippen LogP) is 10.1. The van der Waals surface area contributed by atoms with Gasteiger partial charge in [0.25, 0.3) is 0 Å². The smallest absolute Gasteiger partial charge is 0.158 e. The van der Waals surface area contributed by atoms with Crippen LogP contribution in [0.2, 0.25) is 0 Å². The van der Waals surface area contributed by atoms with Crippen molar-refractivity contribution in [3.8, 4) is 16.8 Å². The van der Waals surface area contributed by atoms with Crippen LogP contribution < -0.4 is 5.32 Å². The first-order valence-electron chi connectivity index (χ1n) is 13.2. The third-order valence-corrected chi connectivity index (χ3v) is 7.59. The number of anilines is 2. The highest BCUT2D eigenvalue weighted by Gasteiger charge is 2.14. The summed E-state index contributed by atoms with van der Waals surface area (Å²) >= 11 is 0. The number of benzene rings is 6. The number of nitrogens with one attached hydrogen (secondary N) is 1. The van der Waals surface area contributed by atoms with Crippen LogP contribution in [0, 0.1) is 0 Å². The summed E-state index contributed by atoms with van der Waals surface area (Å²) in [5.41, 5.74) is 9.72. The summed E-state index contributed by atoms with van der Waals surface area (Å²) in [5, 5.41) is 8.35. The molecule has 0 radical (unpaired) electrons. The summed E-state index contributed by atoms with van der Waals surface area (Å²) in [6, 6.07) is 49.0. The minimum atomic E-state index is 0.877. The van der Waals surface area contributed by atoms with Crippen LogP contribution >= 0.6 is 0 Å². The van der Waals surface area contributed by atoms with Crippen molar-refractivity contribution in [1.82, 2.24) is 4.57 Å². The first-order valence-corrected chi connectivity index (χ1v) is 13.2. The summed E-state index contributed by atoms with van der Waals surface area (Å²) in [4.78, 5) is 0. The second-order valence-electron chi connectivity index (χ2n) is 9.90. The van der Waals surface area contributed by atoms with E-state index in [1.54, 1.807) is 0 Å². The number of para-hydroxylation sites is 4. The summed E-state index contributed by atoms with van der Waals surface area (Å²) in [6.45, 7) is 0. The summed E-state index contributed by atoms with van der Waals surface area (Å²) < 4.78 is 8.56. The Morgan fingerprint density at radius 2 is 1.18 bits per heavy atom. The van der Waals surface area contributed by atoms with Gasteiger partial charge in [-0.1, -0.05) is 91.0 Å². The monoisotopic (exact) mass is 500 g/mol. The highest BCUT2D eigenvalue weighted by molar-refractivity contribution is 6.11. The minimum Gasteiger partial charge on any atom is -0.454 e. The van der Waals surface area contributed by atoms with Crippen molar-refractivity contribution in [3.05, 3.63) is 140 Å². The Morgan fingerprint density at radius 1 is 0.487 bits per heavy atom. The molecule has 184 valence electrons. The molecule has 0 aliphatic rings. The Morgan fingerprint density at radius 3 is 2.05 bits per heavy atom. The van der Waals surface area contributed by atoms with E-state index in [4.69, 9.17) is 4.42 Å². The van der Waals surface area contributed by atoms with Crippen molar-refractivity contribution in [2.24, 2.45) is 0 Å². The number of fused-ring (bicyclic) bond motifs is 6. The van der Waals surface area contributed by atoms with Crippen LogP contribution in [0.15, 0.2) is 144 Å². The van der Waals surface area contributed by atoms with Gasteiger partial charge in [-0.25, -0.2) is 0 Å². The molecule has 2 heterocycles. The maximum absolute atomic E-state index is 6.20. The van der Waals surface area contributed by atoms with E-state index >= 15 is 0 Å². The molecular formula is C36H24N2O. The lowest BCUT2D eigenvalue weighted by Crippen LogP contribution is -1.93. The molecule has 0 saturated heterocycles. The minimum absolute atomic E-state index is 0.877. The van der Waals surface area contributed by atoms with Crippen LogP contribution in [-0.4, -0.2) is 4.57 Å². The van der Waals surface area contributed by atoms with E-state index in [1.165, 1.54) is 38.6 Å². The van der Waals surface area contributed by atoms with Crippen LogP contribution in [0.3, 0.4) is 0 Å². The largest absolute Gasteiger partial charge is 0.454 e. The standard InChI is InChI=1S/C36H24N2O/c1-2-9-27(10-3-1)38-33-15-6-4-11-28(33)29-22-19-25(23-34(29)38)24-17-20-26(21-18-24)37-32-14-8-13-31-30-12-5-7-16-35(30)39-36(31)32/h1-23,37H. The van der Waals surface area contributed by atoms with Crippen LogP contribution in [0.4, 0.5) is 11.4 Å². The first-order chi connectivity index (χ1) is 19.3. The lowest BCUT2D eigenvalue weighted by Gasteiger charge is -2.10. The fourth-order valence-electron chi connectivity index (χ4n) is 5.75. The van der Waals surface area contributed by atoms with Crippen LogP contribution in [-0.2, 0) is 0 Å². The molecule has 0 unspecified atom stereocenters. The third kappa shape index (κ3) is 3.52. The molecular weight excluding hydrogens is 476 g/mol.